The number of nitrogens with zero attached hydrogens (tertiary/aromatic N) is 4. The predicted molar refractivity (Wildman–Crippen MR) is 153 cm³/mol. The molecule has 1 fully saturated rings. The fraction of sp³-hybridized carbons (Fsp3) is 0.280. The minimum absolute atomic E-state index is 0.0286. The molecule has 0 aliphatic carbocycles. The normalized spacial score (nSPS) is 15.3. The quantitative estimate of drug-likeness (QED) is 0.156. The zero-order valence-electron chi connectivity index (χ0n) is 21.1. The number of piperidine rings is 1. The summed E-state index contributed by atoms with van der Waals surface area (Å²) in [6.07, 6.45) is 3.10. The molecule has 0 spiro atoms. The molecule has 0 atom stereocenters. The van der Waals surface area contributed by atoms with E-state index in [1.54, 1.807) is 29.2 Å². The van der Waals surface area contributed by atoms with E-state index in [1.165, 1.54) is 18.3 Å². The third kappa shape index (κ3) is 6.05. The molecule has 0 unspecified atom stereocenters. The Bertz CT molecular complexity index is 1550. The van der Waals surface area contributed by atoms with Crippen LogP contribution >= 0.6 is 23.4 Å². The topological polar surface area (TPSA) is 199 Å². The minimum atomic E-state index is -0.899. The largest absolute Gasteiger partial charge is 0.493 e. The summed E-state index contributed by atoms with van der Waals surface area (Å²) in [6, 6.07) is 9.50. The van der Waals surface area contributed by atoms with Gasteiger partial charge in [-0.1, -0.05) is 42.4 Å². The second-order valence-corrected chi connectivity index (χ2v) is 10.8. The third-order valence-corrected chi connectivity index (χ3v) is 8.08. The number of carbonyl (C=O) groups is 1. The molecule has 1 aromatic carbocycles. The van der Waals surface area contributed by atoms with Crippen molar-refractivity contribution in [2.75, 3.05) is 25.0 Å². The van der Waals surface area contributed by atoms with Crippen molar-refractivity contribution in [2.24, 2.45) is 21.9 Å². The highest BCUT2D eigenvalue weighted by atomic mass is 35.5. The molecule has 12 nitrogen and oxygen atoms in total. The van der Waals surface area contributed by atoms with Crippen LogP contribution in [0.5, 0.6) is 5.88 Å². The first-order chi connectivity index (χ1) is 18.5. The predicted octanol–water partition coefficient (Wildman–Crippen LogP) is 2.73. The fourth-order valence-electron chi connectivity index (χ4n) is 4.01. The molecule has 3 heterocycles. The van der Waals surface area contributed by atoms with E-state index in [0.717, 1.165) is 29.0 Å². The molecule has 1 aliphatic heterocycles. The summed E-state index contributed by atoms with van der Waals surface area (Å²) in [5.74, 6) is -1.79. The number of amidine groups is 1. The highest BCUT2D eigenvalue weighted by Gasteiger charge is 2.30. The molecule has 2 aromatic heterocycles. The third-order valence-electron chi connectivity index (χ3n) is 6.59. The maximum atomic E-state index is 12.9. The number of thioether (sulfide) groups is 1. The Labute approximate surface area is 233 Å². The lowest BCUT2D eigenvalue weighted by molar-refractivity contribution is 0.102. The fourth-order valence-corrected chi connectivity index (χ4v) is 5.01. The number of amides is 1. The number of hydrogen-bond donors (Lipinski definition) is 6. The number of aromatic nitrogens is 2. The van der Waals surface area contributed by atoms with Crippen LogP contribution in [-0.4, -0.2) is 61.8 Å². The molecule has 1 amide bonds. The molecule has 8 N–H and O–H groups in total. The van der Waals surface area contributed by atoms with Crippen LogP contribution in [0.3, 0.4) is 0 Å². The van der Waals surface area contributed by atoms with Gasteiger partial charge in [-0.2, -0.15) is 9.98 Å². The van der Waals surface area contributed by atoms with Crippen LogP contribution in [0.15, 0.2) is 57.3 Å². The van der Waals surface area contributed by atoms with E-state index in [0.29, 0.717) is 24.5 Å². The van der Waals surface area contributed by atoms with Crippen molar-refractivity contribution in [2.45, 2.75) is 24.7 Å². The number of nitrogens with one attached hydrogen (secondary N) is 3. The van der Waals surface area contributed by atoms with Crippen molar-refractivity contribution in [3.05, 3.63) is 63.5 Å². The van der Waals surface area contributed by atoms with E-state index in [2.05, 4.69) is 22.2 Å². The molecule has 0 saturated carbocycles. The monoisotopic (exact) mass is 569 g/mol. The number of nitrogens with two attached hydrogens (primary N) is 2. The Morgan fingerprint density at radius 2 is 1.97 bits per heavy atom. The number of carbonyl (C=O) groups excluding carboxylic acids is 1. The van der Waals surface area contributed by atoms with Gasteiger partial charge in [0.1, 0.15) is 10.7 Å². The average Bonchev–Trinajstić information content (AvgIpc) is 2.91. The molecule has 14 heteroatoms. The molecule has 39 heavy (non-hydrogen) atoms. The highest BCUT2D eigenvalue weighted by Crippen LogP contribution is 2.34. The van der Waals surface area contributed by atoms with Gasteiger partial charge in [0.15, 0.2) is 11.4 Å². The van der Waals surface area contributed by atoms with Crippen molar-refractivity contribution in [1.29, 1.82) is 10.8 Å². The summed E-state index contributed by atoms with van der Waals surface area (Å²) in [6.45, 7) is 3.96. The number of aliphatic imine (C=N–C) groups is 1. The lowest BCUT2D eigenvalue weighted by Gasteiger charge is -2.38. The Kier molecular flexibility index (Phi) is 8.23. The van der Waals surface area contributed by atoms with E-state index >= 15 is 0 Å². The van der Waals surface area contributed by atoms with Gasteiger partial charge >= 0.3 is 0 Å². The van der Waals surface area contributed by atoms with Gasteiger partial charge in [0.25, 0.3) is 11.5 Å². The van der Waals surface area contributed by atoms with Gasteiger partial charge in [-0.3, -0.25) is 24.8 Å². The number of halogens is 1. The number of hydrogen-bond acceptors (Lipinski definition) is 8. The van der Waals surface area contributed by atoms with Crippen LogP contribution in [0.2, 0.25) is 5.02 Å². The molecular formula is C25H28ClN9O3S. The molecule has 0 bridgehead atoms. The maximum Gasteiger partial charge on any atom is 0.274 e. The van der Waals surface area contributed by atoms with E-state index < -0.39 is 22.9 Å². The smallest absolute Gasteiger partial charge is 0.274 e. The average molecular weight is 570 g/mol. The Morgan fingerprint density at radius 3 is 2.67 bits per heavy atom. The first-order valence-corrected chi connectivity index (χ1v) is 13.2. The first-order valence-electron chi connectivity index (χ1n) is 12.0. The van der Waals surface area contributed by atoms with Gasteiger partial charge < -0.3 is 26.8 Å². The van der Waals surface area contributed by atoms with Crippen LogP contribution in [0, 0.1) is 16.2 Å². The first kappa shape index (κ1) is 28.1. The molecule has 3 aromatic rings. The van der Waals surface area contributed by atoms with Crippen LogP contribution < -0.4 is 22.3 Å². The summed E-state index contributed by atoms with van der Waals surface area (Å²) in [7, 11) is 0. The molecular weight excluding hydrogens is 542 g/mol. The number of benzene rings is 1. The zero-order valence-corrected chi connectivity index (χ0v) is 22.6. The second kappa shape index (κ2) is 11.4. The molecule has 1 saturated heterocycles. The van der Waals surface area contributed by atoms with Gasteiger partial charge in [-0.15, -0.1) is 0 Å². The number of pyridine rings is 1. The van der Waals surface area contributed by atoms with Crippen LogP contribution in [-0.2, 0) is 0 Å². The van der Waals surface area contributed by atoms with E-state index in [1.807, 2.05) is 0 Å². The Hall–Kier alpha value is -3.94. The number of guanidine groups is 1. The molecule has 0 radical (unpaired) electrons. The molecule has 204 valence electrons. The van der Waals surface area contributed by atoms with Crippen molar-refractivity contribution in [3.63, 3.8) is 0 Å². The summed E-state index contributed by atoms with van der Waals surface area (Å²) in [5, 5.41) is 29.4. The van der Waals surface area contributed by atoms with Crippen molar-refractivity contribution >= 4 is 57.4 Å². The van der Waals surface area contributed by atoms with Gasteiger partial charge in [0, 0.05) is 24.2 Å². The van der Waals surface area contributed by atoms with E-state index in [-0.39, 0.29) is 38.6 Å². The number of aromatic hydroxyl groups is 1. The molecule has 1 aliphatic rings. The zero-order chi connectivity index (χ0) is 28.3. The van der Waals surface area contributed by atoms with Gasteiger partial charge in [-0.25, -0.2) is 0 Å². The van der Waals surface area contributed by atoms with Crippen LogP contribution in [0.1, 0.15) is 30.1 Å². The highest BCUT2D eigenvalue weighted by molar-refractivity contribution is 8.15. The van der Waals surface area contributed by atoms with E-state index in [4.69, 9.17) is 33.9 Å². The SMILES string of the molecule is CC1(CN)CCN(C(=N)/N=C(/N)C(=N)Sc2cccc(NC(=O)c3c(O)nc4ccccn4c3=O)c2Cl)CC1. The van der Waals surface area contributed by atoms with Crippen molar-refractivity contribution < 1.29 is 9.90 Å². The number of fused-ring (bicyclic) bond motifs is 1. The lowest BCUT2D eigenvalue weighted by Crippen LogP contribution is -2.44. The van der Waals surface area contributed by atoms with Crippen molar-refractivity contribution in [1.82, 2.24) is 14.3 Å². The van der Waals surface area contributed by atoms with Gasteiger partial charge in [0.05, 0.1) is 10.7 Å². The van der Waals surface area contributed by atoms with Crippen molar-refractivity contribution in [3.8, 4) is 5.88 Å². The Balaban J connectivity index is 1.47. The number of rotatable bonds is 4. The Morgan fingerprint density at radius 1 is 1.26 bits per heavy atom. The molecule has 4 rings (SSSR count). The van der Waals surface area contributed by atoms with E-state index in [9.17, 15) is 14.7 Å². The second-order valence-electron chi connectivity index (χ2n) is 9.37. The summed E-state index contributed by atoms with van der Waals surface area (Å²) in [4.78, 5) is 35.9. The summed E-state index contributed by atoms with van der Waals surface area (Å²) in [5.41, 5.74) is 11.0. The number of anilines is 1. The van der Waals surface area contributed by atoms with Gasteiger partial charge in [-0.05, 0) is 49.1 Å². The lowest BCUT2D eigenvalue weighted by atomic mass is 9.81. The minimum Gasteiger partial charge on any atom is -0.493 e. The summed E-state index contributed by atoms with van der Waals surface area (Å²) >= 11 is 7.40. The van der Waals surface area contributed by atoms with Crippen LogP contribution in [0.25, 0.3) is 5.65 Å². The maximum absolute atomic E-state index is 12.9. The number of likely N-dealkylation sites (tertiary alicyclic amines) is 1. The van der Waals surface area contributed by atoms with Crippen LogP contribution in [0.4, 0.5) is 5.69 Å². The van der Waals surface area contributed by atoms with Gasteiger partial charge in [0.2, 0.25) is 11.8 Å². The standard InChI is InChI=1S/C25H28ClN9O3S/c1-25(13-27)8-11-34(12-9-25)24(30)33-19(28)20(29)39-15-6-4-5-14(18(15)26)31-21(36)17-22(37)32-16-7-2-3-10-35(16)23(17)38/h2-7,10,29,37H,8-9,11-13,27H2,1H3,(H,31,36)(H3,28,30,33). The summed E-state index contributed by atoms with van der Waals surface area (Å²) < 4.78 is 1.14.